The fourth-order valence-corrected chi connectivity index (χ4v) is 5.81. The molecule has 0 aromatic heterocycles. The molecule has 4 rings (SSSR count). The highest BCUT2D eigenvalue weighted by Crippen LogP contribution is 2.37. The summed E-state index contributed by atoms with van der Waals surface area (Å²) in [6.45, 7) is 0. The minimum Gasteiger partial charge on any atom is -0.227 e. The molecule has 188 valence electrons. The monoisotopic (exact) mass is 522 g/mol. The van der Waals surface area contributed by atoms with Crippen molar-refractivity contribution in [3.63, 3.8) is 0 Å². The van der Waals surface area contributed by atoms with Crippen molar-refractivity contribution in [3.05, 3.63) is 155 Å². The van der Waals surface area contributed by atoms with Gasteiger partial charge in [0, 0.05) is 0 Å². The number of sulfone groups is 1. The topological polar surface area (TPSA) is 34.1 Å². The molecular weight excluding hydrogens is 500 g/mol. The van der Waals surface area contributed by atoms with Crippen LogP contribution in [0, 0.1) is 23.3 Å². The van der Waals surface area contributed by atoms with E-state index in [1.165, 1.54) is 109 Å². The van der Waals surface area contributed by atoms with Crippen LogP contribution in [0.4, 0.5) is 17.6 Å². The van der Waals surface area contributed by atoms with Gasteiger partial charge in [-0.15, -0.1) is 0 Å². The van der Waals surface area contributed by atoms with Gasteiger partial charge >= 0.3 is 0 Å². The minimum atomic E-state index is -4.12. The number of halogens is 4. The molecule has 0 N–H and O–H groups in total. The summed E-state index contributed by atoms with van der Waals surface area (Å²) in [6, 6.07) is 21.3. The lowest BCUT2D eigenvalue weighted by Gasteiger charge is -2.22. The Labute approximate surface area is 213 Å². The van der Waals surface area contributed by atoms with Gasteiger partial charge in [0.05, 0.1) is 0 Å². The van der Waals surface area contributed by atoms with E-state index < -0.39 is 43.6 Å². The van der Waals surface area contributed by atoms with E-state index in [-0.39, 0.29) is 0 Å². The maximum atomic E-state index is 14.1. The smallest absolute Gasteiger partial charge is 0.171 e. The van der Waals surface area contributed by atoms with Gasteiger partial charge in [-0.1, -0.05) is 72.8 Å². The summed E-state index contributed by atoms with van der Waals surface area (Å²) >= 11 is 0. The van der Waals surface area contributed by atoms with Crippen molar-refractivity contribution in [1.29, 1.82) is 0 Å². The van der Waals surface area contributed by atoms with E-state index in [1.807, 2.05) is 0 Å². The summed E-state index contributed by atoms with van der Waals surface area (Å²) in [5.74, 6) is -1.90. The van der Waals surface area contributed by atoms with Gasteiger partial charge in [0.2, 0.25) is 0 Å². The lowest BCUT2D eigenvalue weighted by atomic mass is 10.1. The second kappa shape index (κ2) is 11.4. The molecule has 2 nitrogen and oxygen atoms in total. The fraction of sp³-hybridized carbons (Fsp3) is 0.0667. The first-order chi connectivity index (χ1) is 17.7. The van der Waals surface area contributed by atoms with Gasteiger partial charge < -0.3 is 0 Å². The van der Waals surface area contributed by atoms with Crippen molar-refractivity contribution < 1.29 is 26.0 Å². The van der Waals surface area contributed by atoms with Gasteiger partial charge in [-0.2, -0.15) is 0 Å². The van der Waals surface area contributed by atoms with E-state index in [0.29, 0.717) is 22.3 Å². The lowest BCUT2D eigenvalue weighted by molar-refractivity contribution is 0.583. The van der Waals surface area contributed by atoms with Gasteiger partial charge in [-0.05, 0) is 70.8 Å². The number of hydrogen-bond acceptors (Lipinski definition) is 2. The van der Waals surface area contributed by atoms with E-state index in [2.05, 4.69) is 0 Å². The number of hydrogen-bond donors (Lipinski definition) is 0. The van der Waals surface area contributed by atoms with E-state index >= 15 is 0 Å². The minimum absolute atomic E-state index is 0.321. The highest BCUT2D eigenvalue weighted by molar-refractivity contribution is 7.92. The van der Waals surface area contributed by atoms with Crippen LogP contribution in [-0.4, -0.2) is 8.42 Å². The Morgan fingerprint density at radius 2 is 0.730 bits per heavy atom. The average molecular weight is 523 g/mol. The Bertz CT molecular complexity index is 1380. The highest BCUT2D eigenvalue weighted by Gasteiger charge is 2.33. The van der Waals surface area contributed by atoms with E-state index in [4.69, 9.17) is 0 Å². The molecule has 0 saturated heterocycles. The molecule has 0 fully saturated rings. The van der Waals surface area contributed by atoms with Crippen LogP contribution in [0.2, 0.25) is 0 Å². The van der Waals surface area contributed by atoms with Crippen molar-refractivity contribution in [1.82, 2.24) is 0 Å². The molecule has 0 heterocycles. The third-order valence-corrected chi connectivity index (χ3v) is 8.05. The molecule has 4 aromatic rings. The molecule has 0 aliphatic rings. The molecule has 0 radical (unpaired) electrons. The largest absolute Gasteiger partial charge is 0.227 e. The standard InChI is InChI=1S/C30H22F4O2S/c31-25-11-1-21(2-12-25)5-19-29(23-7-15-27(33)16-8-23)37(35,36)30(24-9-17-28(34)18-10-24)20-6-22-3-13-26(32)14-4-22/h1-20,29-30H/b19-5-,20-6-. The molecule has 0 bridgehead atoms. The lowest BCUT2D eigenvalue weighted by Crippen LogP contribution is -2.19. The molecule has 4 aromatic carbocycles. The summed E-state index contributed by atoms with van der Waals surface area (Å²) in [7, 11) is -4.12. The summed E-state index contributed by atoms with van der Waals surface area (Å²) in [4.78, 5) is 0. The van der Waals surface area contributed by atoms with Crippen LogP contribution >= 0.6 is 0 Å². The van der Waals surface area contributed by atoms with E-state index in [1.54, 1.807) is 12.2 Å². The van der Waals surface area contributed by atoms with Crippen LogP contribution in [0.25, 0.3) is 12.2 Å². The SMILES string of the molecule is O=S(=O)(C(/C=C\c1ccc(F)cc1)c1ccc(F)cc1)C(/C=C\c1ccc(F)cc1)c1ccc(F)cc1. The molecule has 7 heteroatoms. The van der Waals surface area contributed by atoms with E-state index in [0.717, 1.165) is 0 Å². The van der Waals surface area contributed by atoms with Crippen LogP contribution in [0.1, 0.15) is 32.8 Å². The first kappa shape index (κ1) is 26.1. The third-order valence-electron chi connectivity index (χ3n) is 5.77. The second-order valence-corrected chi connectivity index (χ2v) is 10.5. The maximum Gasteiger partial charge on any atom is 0.171 e. The summed E-state index contributed by atoms with van der Waals surface area (Å²) < 4.78 is 82.3. The first-order valence-corrected chi connectivity index (χ1v) is 12.9. The molecule has 0 aliphatic heterocycles. The Kier molecular flexibility index (Phi) is 8.04. The van der Waals surface area contributed by atoms with Crippen LogP contribution in [-0.2, 0) is 9.84 Å². The zero-order valence-electron chi connectivity index (χ0n) is 19.4. The maximum absolute atomic E-state index is 14.1. The van der Waals surface area contributed by atoms with Gasteiger partial charge in [0.15, 0.2) is 9.84 Å². The highest BCUT2D eigenvalue weighted by atomic mass is 32.2. The summed E-state index contributed by atoms with van der Waals surface area (Å²) in [5, 5.41) is -2.43. The van der Waals surface area contributed by atoms with Crippen LogP contribution in [0.3, 0.4) is 0 Å². The summed E-state index contributed by atoms with van der Waals surface area (Å²) in [5.41, 5.74) is 1.79. The van der Waals surface area contributed by atoms with Gasteiger partial charge in [0.25, 0.3) is 0 Å². The van der Waals surface area contributed by atoms with Crippen molar-refractivity contribution in [2.45, 2.75) is 10.5 Å². The van der Waals surface area contributed by atoms with Crippen LogP contribution < -0.4 is 0 Å². The Hall–Kier alpha value is -3.97. The quantitative estimate of drug-likeness (QED) is 0.221. The van der Waals surface area contributed by atoms with Crippen molar-refractivity contribution in [2.24, 2.45) is 0 Å². The van der Waals surface area contributed by atoms with Gasteiger partial charge in [0.1, 0.15) is 33.8 Å². The molecule has 0 spiro atoms. The first-order valence-electron chi connectivity index (χ1n) is 11.3. The van der Waals surface area contributed by atoms with Crippen molar-refractivity contribution in [3.8, 4) is 0 Å². The molecule has 37 heavy (non-hydrogen) atoms. The Morgan fingerprint density at radius 1 is 0.459 bits per heavy atom. The summed E-state index contributed by atoms with van der Waals surface area (Å²) in [6.07, 6.45) is 6.02. The van der Waals surface area contributed by atoms with Crippen LogP contribution in [0.15, 0.2) is 109 Å². The molecule has 2 atom stereocenters. The second-order valence-electron chi connectivity index (χ2n) is 8.35. The molecule has 0 amide bonds. The fourth-order valence-electron chi connectivity index (χ4n) is 3.83. The van der Waals surface area contributed by atoms with Crippen molar-refractivity contribution in [2.75, 3.05) is 0 Å². The molecule has 2 unspecified atom stereocenters. The van der Waals surface area contributed by atoms with E-state index in [9.17, 15) is 26.0 Å². The van der Waals surface area contributed by atoms with Crippen LogP contribution in [0.5, 0.6) is 0 Å². The predicted octanol–water partition coefficient (Wildman–Crippen LogP) is 7.87. The van der Waals surface area contributed by atoms with Crippen molar-refractivity contribution >= 4 is 22.0 Å². The zero-order valence-corrected chi connectivity index (χ0v) is 20.3. The third kappa shape index (κ3) is 6.62. The zero-order chi connectivity index (χ0) is 26.4. The number of rotatable bonds is 8. The molecule has 0 aliphatic carbocycles. The van der Waals surface area contributed by atoms with Gasteiger partial charge in [-0.25, -0.2) is 26.0 Å². The Morgan fingerprint density at radius 3 is 1.03 bits per heavy atom. The molecular formula is C30H22F4O2S. The average Bonchev–Trinajstić information content (AvgIpc) is 2.88. The Balaban J connectivity index is 1.81. The predicted molar refractivity (Wildman–Crippen MR) is 138 cm³/mol. The molecule has 0 saturated carbocycles. The van der Waals surface area contributed by atoms with Gasteiger partial charge in [-0.3, -0.25) is 0 Å². The number of benzene rings is 4. The normalized spacial score (nSPS) is 13.7.